The summed E-state index contributed by atoms with van der Waals surface area (Å²) in [6, 6.07) is 10.1. The smallest absolute Gasteiger partial charge is 0.263 e. The van der Waals surface area contributed by atoms with E-state index in [2.05, 4.69) is 25.9 Å². The molecule has 24 heavy (non-hydrogen) atoms. The first kappa shape index (κ1) is 17.9. The molecule has 1 aromatic carbocycles. The van der Waals surface area contributed by atoms with Crippen LogP contribution in [0.25, 0.3) is 0 Å². The van der Waals surface area contributed by atoms with Gasteiger partial charge in [-0.3, -0.25) is 4.79 Å². The first-order valence-electron chi connectivity index (χ1n) is 7.95. The van der Waals surface area contributed by atoms with Gasteiger partial charge < -0.3 is 16.0 Å². The molecule has 3 N–H and O–H groups in total. The minimum Gasteiger partial charge on any atom is -0.357 e. The number of aromatic nitrogens is 1. The Balaban J connectivity index is 1.77. The molecule has 1 amide bonds. The van der Waals surface area contributed by atoms with E-state index in [1.807, 2.05) is 44.2 Å². The molecule has 0 bridgehead atoms. The average molecular weight is 345 g/mol. The number of thiazole rings is 1. The van der Waals surface area contributed by atoms with Gasteiger partial charge in [-0.1, -0.05) is 30.3 Å². The standard InChI is InChI=1S/C17H23N5OS/c1-3-18-17(21-11-14-7-5-4-6-8-14)20-10-9-19-16(23)15-13(2)22-12-24-15/h4-8,12H,3,9-11H2,1-2H3,(H,19,23)(H2,18,20,21). The van der Waals surface area contributed by atoms with Gasteiger partial charge in [-0.05, 0) is 19.4 Å². The maximum Gasteiger partial charge on any atom is 0.263 e. The Morgan fingerprint density at radius 1 is 1.17 bits per heavy atom. The Morgan fingerprint density at radius 2 is 1.92 bits per heavy atom. The van der Waals surface area contributed by atoms with Crippen molar-refractivity contribution in [3.63, 3.8) is 0 Å². The van der Waals surface area contributed by atoms with Gasteiger partial charge in [0.25, 0.3) is 5.91 Å². The van der Waals surface area contributed by atoms with Crippen LogP contribution in [0.3, 0.4) is 0 Å². The zero-order valence-corrected chi connectivity index (χ0v) is 14.8. The van der Waals surface area contributed by atoms with Crippen LogP contribution in [-0.4, -0.2) is 36.5 Å². The molecule has 0 spiro atoms. The SMILES string of the molecule is CCNC(=NCc1ccccc1)NCCNC(=O)c1scnc1C. The third-order valence-corrected chi connectivity index (χ3v) is 4.19. The first-order valence-corrected chi connectivity index (χ1v) is 8.83. The Hall–Kier alpha value is -2.41. The van der Waals surface area contributed by atoms with Gasteiger partial charge in [-0.25, -0.2) is 9.98 Å². The summed E-state index contributed by atoms with van der Waals surface area (Å²) in [5.74, 6) is 0.660. The molecule has 0 unspecified atom stereocenters. The number of amides is 1. The molecule has 6 nitrogen and oxygen atoms in total. The first-order chi connectivity index (χ1) is 11.7. The third-order valence-electron chi connectivity index (χ3n) is 3.26. The van der Waals surface area contributed by atoms with Gasteiger partial charge in [0.15, 0.2) is 5.96 Å². The third kappa shape index (κ3) is 5.66. The van der Waals surface area contributed by atoms with Crippen molar-refractivity contribution in [3.05, 3.63) is 52.0 Å². The van der Waals surface area contributed by atoms with Gasteiger partial charge in [0.2, 0.25) is 0 Å². The summed E-state index contributed by atoms with van der Waals surface area (Å²) in [6.07, 6.45) is 0. The van der Waals surface area contributed by atoms with E-state index >= 15 is 0 Å². The molecule has 0 aliphatic rings. The molecular formula is C17H23N5OS. The minimum absolute atomic E-state index is 0.0805. The van der Waals surface area contributed by atoms with Crippen LogP contribution in [0.4, 0.5) is 0 Å². The number of nitrogens with one attached hydrogen (secondary N) is 3. The van der Waals surface area contributed by atoms with Crippen LogP contribution in [0, 0.1) is 6.92 Å². The topological polar surface area (TPSA) is 78.4 Å². The van der Waals surface area contributed by atoms with E-state index in [1.165, 1.54) is 11.3 Å². The summed E-state index contributed by atoms with van der Waals surface area (Å²) in [7, 11) is 0. The zero-order valence-electron chi connectivity index (χ0n) is 14.0. The van der Waals surface area contributed by atoms with Gasteiger partial charge >= 0.3 is 0 Å². The number of carbonyl (C=O) groups is 1. The van der Waals surface area contributed by atoms with E-state index in [4.69, 9.17) is 0 Å². The number of nitrogens with zero attached hydrogens (tertiary/aromatic N) is 2. The molecular weight excluding hydrogens is 322 g/mol. The van der Waals surface area contributed by atoms with Crippen LogP contribution in [0.15, 0.2) is 40.8 Å². The molecule has 1 heterocycles. The van der Waals surface area contributed by atoms with Crippen molar-refractivity contribution in [1.29, 1.82) is 0 Å². The lowest BCUT2D eigenvalue weighted by molar-refractivity contribution is 0.0957. The molecule has 7 heteroatoms. The predicted molar refractivity (Wildman–Crippen MR) is 98.4 cm³/mol. The van der Waals surface area contributed by atoms with Crippen molar-refractivity contribution >= 4 is 23.2 Å². The number of hydrogen-bond acceptors (Lipinski definition) is 4. The normalized spacial score (nSPS) is 11.2. The van der Waals surface area contributed by atoms with Crippen LogP contribution in [0.5, 0.6) is 0 Å². The van der Waals surface area contributed by atoms with Gasteiger partial charge in [0.1, 0.15) is 4.88 Å². The van der Waals surface area contributed by atoms with Gasteiger partial charge in [-0.2, -0.15) is 0 Å². The highest BCUT2D eigenvalue weighted by atomic mass is 32.1. The Labute approximate surface area is 146 Å². The maximum atomic E-state index is 12.0. The second-order valence-corrected chi connectivity index (χ2v) is 5.99. The average Bonchev–Trinajstić information content (AvgIpc) is 3.03. The number of rotatable bonds is 7. The number of carbonyl (C=O) groups excluding carboxylic acids is 1. The molecule has 0 atom stereocenters. The van der Waals surface area contributed by atoms with E-state index in [-0.39, 0.29) is 5.91 Å². The second-order valence-electron chi connectivity index (χ2n) is 5.13. The predicted octanol–water partition coefficient (Wildman–Crippen LogP) is 1.94. The lowest BCUT2D eigenvalue weighted by Gasteiger charge is -2.11. The van der Waals surface area contributed by atoms with Gasteiger partial charge in [0, 0.05) is 19.6 Å². The fraction of sp³-hybridized carbons (Fsp3) is 0.353. The lowest BCUT2D eigenvalue weighted by atomic mass is 10.2. The summed E-state index contributed by atoms with van der Waals surface area (Å²) in [6.45, 7) is 6.38. The maximum absolute atomic E-state index is 12.0. The van der Waals surface area contributed by atoms with Crippen molar-refractivity contribution in [2.45, 2.75) is 20.4 Å². The van der Waals surface area contributed by atoms with Crippen molar-refractivity contribution in [1.82, 2.24) is 20.9 Å². The van der Waals surface area contributed by atoms with Gasteiger partial charge in [-0.15, -0.1) is 11.3 Å². The Bertz CT molecular complexity index is 669. The molecule has 2 rings (SSSR count). The molecule has 0 saturated heterocycles. The molecule has 1 aromatic heterocycles. The van der Waals surface area contributed by atoms with E-state index in [1.54, 1.807) is 5.51 Å². The Morgan fingerprint density at radius 3 is 2.58 bits per heavy atom. The van der Waals surface area contributed by atoms with E-state index in [0.29, 0.717) is 24.5 Å². The van der Waals surface area contributed by atoms with E-state index < -0.39 is 0 Å². The molecule has 0 aliphatic heterocycles. The quantitative estimate of drug-likeness (QED) is 0.407. The van der Waals surface area contributed by atoms with Crippen LogP contribution < -0.4 is 16.0 Å². The van der Waals surface area contributed by atoms with Gasteiger partial charge in [0.05, 0.1) is 17.7 Å². The largest absolute Gasteiger partial charge is 0.357 e. The Kier molecular flexibility index (Phi) is 7.22. The number of aryl methyl sites for hydroxylation is 1. The summed E-state index contributed by atoms with van der Waals surface area (Å²) in [4.78, 5) is 21.3. The number of aliphatic imine (C=N–C) groups is 1. The van der Waals surface area contributed by atoms with Crippen molar-refractivity contribution in [3.8, 4) is 0 Å². The van der Waals surface area contributed by atoms with Crippen molar-refractivity contribution in [2.24, 2.45) is 4.99 Å². The summed E-state index contributed by atoms with van der Waals surface area (Å²) < 4.78 is 0. The number of guanidine groups is 1. The number of hydrogen-bond donors (Lipinski definition) is 3. The molecule has 0 radical (unpaired) electrons. The fourth-order valence-electron chi connectivity index (χ4n) is 2.05. The summed E-state index contributed by atoms with van der Waals surface area (Å²) in [5, 5.41) is 9.30. The zero-order chi connectivity index (χ0) is 17.2. The molecule has 2 aromatic rings. The highest BCUT2D eigenvalue weighted by Gasteiger charge is 2.10. The lowest BCUT2D eigenvalue weighted by Crippen LogP contribution is -2.41. The van der Waals surface area contributed by atoms with E-state index in [0.717, 1.165) is 23.8 Å². The van der Waals surface area contributed by atoms with Crippen LogP contribution in [-0.2, 0) is 6.54 Å². The molecule has 0 fully saturated rings. The van der Waals surface area contributed by atoms with Crippen LogP contribution in [0.2, 0.25) is 0 Å². The molecule has 128 valence electrons. The van der Waals surface area contributed by atoms with Crippen molar-refractivity contribution < 1.29 is 4.79 Å². The highest BCUT2D eigenvalue weighted by molar-refractivity contribution is 7.11. The number of benzene rings is 1. The highest BCUT2D eigenvalue weighted by Crippen LogP contribution is 2.11. The minimum atomic E-state index is -0.0805. The molecule has 0 saturated carbocycles. The van der Waals surface area contributed by atoms with Crippen LogP contribution in [0.1, 0.15) is 27.9 Å². The van der Waals surface area contributed by atoms with Crippen molar-refractivity contribution in [2.75, 3.05) is 19.6 Å². The van der Waals surface area contributed by atoms with E-state index in [9.17, 15) is 4.79 Å². The van der Waals surface area contributed by atoms with Crippen LogP contribution >= 0.6 is 11.3 Å². The fourth-order valence-corrected chi connectivity index (χ4v) is 2.77. The molecule has 0 aliphatic carbocycles. The summed E-state index contributed by atoms with van der Waals surface area (Å²) >= 11 is 1.36. The summed E-state index contributed by atoms with van der Waals surface area (Å²) in [5.41, 5.74) is 3.61. The monoisotopic (exact) mass is 345 g/mol. The second kappa shape index (κ2) is 9.67.